The van der Waals surface area contributed by atoms with Crippen LogP contribution in [0.25, 0.3) is 22.4 Å². The lowest BCUT2D eigenvalue weighted by Crippen LogP contribution is -3.00. The molecule has 0 bridgehead atoms. The maximum Gasteiger partial charge on any atom is 0.262 e. The van der Waals surface area contributed by atoms with Crippen LogP contribution in [-0.2, 0) is 7.05 Å². The van der Waals surface area contributed by atoms with Gasteiger partial charge in [0, 0.05) is 12.1 Å². The minimum absolute atomic E-state index is 0. The second-order valence-electron chi connectivity index (χ2n) is 4.55. The van der Waals surface area contributed by atoms with E-state index in [2.05, 4.69) is 16.7 Å². The Morgan fingerprint density at radius 2 is 1.76 bits per heavy atom. The molecule has 0 fully saturated rings. The Morgan fingerprint density at radius 1 is 1.00 bits per heavy atom. The van der Waals surface area contributed by atoms with Gasteiger partial charge < -0.3 is 34.2 Å². The van der Waals surface area contributed by atoms with Crippen molar-refractivity contribution in [3.05, 3.63) is 53.0 Å². The highest BCUT2D eigenvalue weighted by Gasteiger charge is 2.13. The molecule has 0 saturated heterocycles. The fraction of sp³-hybridized carbons (Fsp3) is 0.0625. The second kappa shape index (κ2) is 6.44. The number of aryl methyl sites for hydroxylation is 1. The minimum Gasteiger partial charge on any atom is -1.00 e. The molecule has 2 N–H and O–H groups in total. The van der Waals surface area contributed by atoms with Crippen molar-refractivity contribution >= 4 is 33.7 Å². The Morgan fingerprint density at radius 3 is 2.48 bits per heavy atom. The number of aromatic hydroxyl groups is 2. The van der Waals surface area contributed by atoms with Crippen molar-refractivity contribution in [3.63, 3.8) is 0 Å². The summed E-state index contributed by atoms with van der Waals surface area (Å²) in [6.07, 6.45) is 3.93. The van der Waals surface area contributed by atoms with Crippen LogP contribution in [-0.4, -0.2) is 10.2 Å². The zero-order chi connectivity index (χ0) is 14.1. The average Bonchev–Trinajstić information content (AvgIpc) is 2.77. The summed E-state index contributed by atoms with van der Waals surface area (Å²) in [6, 6.07) is 13.0. The van der Waals surface area contributed by atoms with Crippen LogP contribution in [0.15, 0.2) is 42.5 Å². The molecular formula is C16H14INO2S. The molecule has 0 amide bonds. The van der Waals surface area contributed by atoms with E-state index in [0.29, 0.717) is 0 Å². The first-order valence-corrected chi connectivity index (χ1v) is 7.04. The lowest BCUT2D eigenvalue weighted by molar-refractivity contribution is -0.642. The maximum absolute atomic E-state index is 9.48. The van der Waals surface area contributed by atoms with Crippen molar-refractivity contribution in [1.29, 1.82) is 0 Å². The number of nitrogens with zero attached hydrogens (tertiary/aromatic N) is 1. The molecule has 3 rings (SSSR count). The van der Waals surface area contributed by atoms with Crippen LogP contribution in [0.3, 0.4) is 0 Å². The van der Waals surface area contributed by atoms with E-state index >= 15 is 0 Å². The van der Waals surface area contributed by atoms with Crippen LogP contribution in [0.1, 0.15) is 10.6 Å². The van der Waals surface area contributed by atoms with Crippen LogP contribution >= 0.6 is 11.3 Å². The van der Waals surface area contributed by atoms with Crippen LogP contribution in [0, 0.1) is 0 Å². The number of fused-ring (bicyclic) bond motifs is 1. The van der Waals surface area contributed by atoms with E-state index in [9.17, 15) is 10.2 Å². The first kappa shape index (κ1) is 15.8. The molecule has 5 heteroatoms. The predicted octanol–water partition coefficient (Wildman–Crippen LogP) is 0.311. The van der Waals surface area contributed by atoms with Crippen molar-refractivity contribution < 1.29 is 38.8 Å². The summed E-state index contributed by atoms with van der Waals surface area (Å²) in [7, 11) is 2.03. The molecule has 0 unspecified atom stereocenters. The Balaban J connectivity index is 0.00000161. The van der Waals surface area contributed by atoms with Gasteiger partial charge in [0.05, 0.1) is 0 Å². The van der Waals surface area contributed by atoms with Gasteiger partial charge in [0.2, 0.25) is 5.52 Å². The van der Waals surface area contributed by atoms with E-state index in [1.807, 2.05) is 31.3 Å². The highest BCUT2D eigenvalue weighted by atomic mass is 127. The predicted molar refractivity (Wildman–Crippen MR) is 81.7 cm³/mol. The van der Waals surface area contributed by atoms with E-state index < -0.39 is 0 Å². The topological polar surface area (TPSA) is 44.3 Å². The molecule has 0 aliphatic carbocycles. The quantitative estimate of drug-likeness (QED) is 0.362. The molecule has 1 heterocycles. The highest BCUT2D eigenvalue weighted by molar-refractivity contribution is 7.18. The Labute approximate surface area is 143 Å². The van der Waals surface area contributed by atoms with Crippen molar-refractivity contribution in [1.82, 2.24) is 0 Å². The Kier molecular flexibility index (Phi) is 4.84. The first-order chi connectivity index (χ1) is 9.65. The molecule has 21 heavy (non-hydrogen) atoms. The number of thiazole rings is 1. The van der Waals surface area contributed by atoms with Gasteiger partial charge in [-0.25, -0.2) is 0 Å². The molecule has 1 aromatic heterocycles. The third kappa shape index (κ3) is 3.19. The number of aromatic nitrogens is 1. The summed E-state index contributed by atoms with van der Waals surface area (Å²) in [5.41, 5.74) is 2.04. The Bertz CT molecular complexity index is 811. The van der Waals surface area contributed by atoms with Gasteiger partial charge >= 0.3 is 0 Å². The number of phenols is 2. The summed E-state index contributed by atoms with van der Waals surface area (Å²) >= 11 is 1.71. The molecular weight excluding hydrogens is 397 g/mol. The van der Waals surface area contributed by atoms with Gasteiger partial charge in [-0.3, -0.25) is 0 Å². The summed E-state index contributed by atoms with van der Waals surface area (Å²) < 4.78 is 3.37. The van der Waals surface area contributed by atoms with Gasteiger partial charge in [0.15, 0.2) is 11.5 Å². The second-order valence-corrected chi connectivity index (χ2v) is 5.61. The van der Waals surface area contributed by atoms with E-state index in [1.165, 1.54) is 16.3 Å². The summed E-state index contributed by atoms with van der Waals surface area (Å²) in [4.78, 5) is 0. The molecule has 0 atom stereocenters. The van der Waals surface area contributed by atoms with E-state index in [4.69, 9.17) is 0 Å². The number of para-hydroxylation sites is 1. The zero-order valence-electron chi connectivity index (χ0n) is 11.3. The number of halogens is 1. The van der Waals surface area contributed by atoms with Crippen LogP contribution in [0.4, 0.5) is 0 Å². The minimum atomic E-state index is -0.104. The average molecular weight is 411 g/mol. The molecule has 2 aromatic carbocycles. The molecule has 0 radical (unpaired) electrons. The lowest BCUT2D eigenvalue weighted by atomic mass is 10.2. The molecule has 0 spiro atoms. The third-order valence-electron chi connectivity index (χ3n) is 3.19. The van der Waals surface area contributed by atoms with Crippen LogP contribution < -0.4 is 28.5 Å². The highest BCUT2D eigenvalue weighted by Crippen LogP contribution is 2.26. The number of benzene rings is 2. The first-order valence-electron chi connectivity index (χ1n) is 6.23. The Hall–Kier alpha value is -1.60. The van der Waals surface area contributed by atoms with Gasteiger partial charge in [0.25, 0.3) is 5.01 Å². The van der Waals surface area contributed by atoms with Crippen molar-refractivity contribution in [3.8, 4) is 11.5 Å². The standard InChI is InChI=1S/C16H13NO2S.HI/c1-17-12-4-2-3-5-15(12)20-16(17)9-7-11-6-8-13(18)14(19)10-11;/h2-10,19H,1H3;1H. The summed E-state index contributed by atoms with van der Waals surface area (Å²) in [5.74, 6) is -0.206. The third-order valence-corrected chi connectivity index (χ3v) is 4.37. The lowest BCUT2D eigenvalue weighted by Gasteiger charge is -1.97. The number of rotatable bonds is 2. The number of phenolic OH excluding ortho intramolecular Hbond substituents is 2. The van der Waals surface area contributed by atoms with Gasteiger partial charge in [-0.15, -0.1) is 0 Å². The normalized spacial score (nSPS) is 10.9. The van der Waals surface area contributed by atoms with Crippen molar-refractivity contribution in [2.24, 2.45) is 7.05 Å². The maximum atomic E-state index is 9.48. The van der Waals surface area contributed by atoms with Crippen LogP contribution in [0.5, 0.6) is 11.5 Å². The SMILES string of the molecule is C[n+]1c(C=Cc2ccc(O)c(O)c2)sc2ccccc21.[I-]. The van der Waals surface area contributed by atoms with Gasteiger partial charge in [-0.2, -0.15) is 4.57 Å². The monoisotopic (exact) mass is 411 g/mol. The number of hydrogen-bond acceptors (Lipinski definition) is 3. The van der Waals surface area contributed by atoms with Crippen molar-refractivity contribution in [2.75, 3.05) is 0 Å². The molecule has 0 aliphatic rings. The smallest absolute Gasteiger partial charge is 0.262 e. The van der Waals surface area contributed by atoms with E-state index in [0.717, 1.165) is 10.6 Å². The molecule has 0 saturated carbocycles. The summed E-state index contributed by atoms with van der Waals surface area (Å²) in [6.45, 7) is 0. The molecule has 0 aliphatic heterocycles. The number of hydrogen-bond donors (Lipinski definition) is 2. The van der Waals surface area contributed by atoms with Crippen LogP contribution in [0.2, 0.25) is 0 Å². The van der Waals surface area contributed by atoms with Gasteiger partial charge in [-0.05, 0) is 29.8 Å². The fourth-order valence-electron chi connectivity index (χ4n) is 2.08. The molecule has 3 nitrogen and oxygen atoms in total. The van der Waals surface area contributed by atoms with Crippen molar-refractivity contribution in [2.45, 2.75) is 0 Å². The van der Waals surface area contributed by atoms with E-state index in [-0.39, 0.29) is 35.5 Å². The fourth-order valence-corrected chi connectivity index (χ4v) is 3.13. The molecule has 3 aromatic rings. The van der Waals surface area contributed by atoms with E-state index in [1.54, 1.807) is 23.5 Å². The zero-order valence-corrected chi connectivity index (χ0v) is 14.3. The summed E-state index contributed by atoms with van der Waals surface area (Å²) in [5, 5.41) is 19.9. The molecule has 108 valence electrons. The van der Waals surface area contributed by atoms with Gasteiger partial charge in [0.1, 0.15) is 11.7 Å². The largest absolute Gasteiger partial charge is 1.00 e. The van der Waals surface area contributed by atoms with Gasteiger partial charge in [-0.1, -0.05) is 29.5 Å².